The van der Waals surface area contributed by atoms with Crippen LogP contribution in [0.3, 0.4) is 0 Å². The molecule has 2 rings (SSSR count). The van der Waals surface area contributed by atoms with E-state index in [9.17, 15) is 0 Å². The average molecular weight is 201 g/mol. The molecule has 0 aromatic heterocycles. The number of likely N-dealkylation sites (N-methyl/N-ethyl adjacent to an activating group) is 1. The van der Waals surface area contributed by atoms with Gasteiger partial charge in [-0.2, -0.15) is 0 Å². The summed E-state index contributed by atoms with van der Waals surface area (Å²) >= 11 is 0. The molecule has 0 aliphatic carbocycles. The molecule has 1 aliphatic rings. The first kappa shape index (κ1) is 10.3. The third-order valence-electron chi connectivity index (χ3n) is 3.37. The van der Waals surface area contributed by atoms with Crippen LogP contribution in [-0.4, -0.2) is 12.6 Å². The Morgan fingerprint density at radius 2 is 1.80 bits per heavy atom. The second kappa shape index (κ2) is 3.13. The van der Waals surface area contributed by atoms with Crippen LogP contribution in [0.1, 0.15) is 31.9 Å². The molecule has 0 radical (unpaired) electrons. The largest absolute Gasteiger partial charge is 0.366 e. The summed E-state index contributed by atoms with van der Waals surface area (Å²) in [6, 6.07) is 6.68. The Morgan fingerprint density at radius 3 is 2.47 bits per heavy atom. The van der Waals surface area contributed by atoms with Crippen molar-refractivity contribution < 1.29 is 0 Å². The van der Waals surface area contributed by atoms with Crippen molar-refractivity contribution in [2.75, 3.05) is 11.9 Å². The molecule has 80 valence electrons. The standard InChI is InChI=1S/C14H19N/c1-10-6-7-13-12(8-10)11(2)9-14(3,4)15(13)5/h6-9H,1-5H3. The molecular formula is C14H19N. The Balaban J connectivity index is 2.64. The predicted octanol–water partition coefficient (Wildman–Crippen LogP) is 3.63. The maximum atomic E-state index is 2.34. The molecule has 1 heteroatoms. The highest BCUT2D eigenvalue weighted by Crippen LogP contribution is 2.37. The van der Waals surface area contributed by atoms with Gasteiger partial charge in [-0.15, -0.1) is 0 Å². The molecule has 0 amide bonds. The Hall–Kier alpha value is -1.24. The van der Waals surface area contributed by atoms with Gasteiger partial charge in [0, 0.05) is 18.3 Å². The number of nitrogens with zero attached hydrogens (tertiary/aromatic N) is 1. The van der Waals surface area contributed by atoms with Crippen LogP contribution in [0, 0.1) is 6.92 Å². The lowest BCUT2D eigenvalue weighted by Gasteiger charge is -2.40. The number of hydrogen-bond donors (Lipinski definition) is 0. The van der Waals surface area contributed by atoms with E-state index in [0.29, 0.717) is 0 Å². The van der Waals surface area contributed by atoms with E-state index in [1.807, 2.05) is 0 Å². The second-order valence-electron chi connectivity index (χ2n) is 5.06. The minimum absolute atomic E-state index is 0.117. The third-order valence-corrected chi connectivity index (χ3v) is 3.37. The van der Waals surface area contributed by atoms with Gasteiger partial charge in [0.25, 0.3) is 0 Å². The topological polar surface area (TPSA) is 3.24 Å². The van der Waals surface area contributed by atoms with E-state index >= 15 is 0 Å². The number of fused-ring (bicyclic) bond motifs is 1. The number of benzene rings is 1. The molecule has 0 unspecified atom stereocenters. The molecule has 0 bridgehead atoms. The van der Waals surface area contributed by atoms with E-state index in [2.05, 4.69) is 63.9 Å². The monoisotopic (exact) mass is 201 g/mol. The van der Waals surface area contributed by atoms with Crippen LogP contribution in [0.5, 0.6) is 0 Å². The zero-order chi connectivity index (χ0) is 11.2. The minimum atomic E-state index is 0.117. The summed E-state index contributed by atoms with van der Waals surface area (Å²) < 4.78 is 0. The first-order valence-electron chi connectivity index (χ1n) is 5.46. The van der Waals surface area contributed by atoms with Crippen molar-refractivity contribution in [2.24, 2.45) is 0 Å². The third kappa shape index (κ3) is 1.56. The van der Waals surface area contributed by atoms with Gasteiger partial charge in [-0.05, 0) is 45.4 Å². The lowest BCUT2D eigenvalue weighted by Crippen LogP contribution is -2.42. The summed E-state index contributed by atoms with van der Waals surface area (Å²) in [6.07, 6.45) is 2.34. The van der Waals surface area contributed by atoms with Crippen LogP contribution >= 0.6 is 0 Å². The quantitative estimate of drug-likeness (QED) is 0.619. The molecule has 0 spiro atoms. The maximum absolute atomic E-state index is 2.34. The fraction of sp³-hybridized carbons (Fsp3) is 0.429. The fourth-order valence-corrected chi connectivity index (χ4v) is 2.27. The van der Waals surface area contributed by atoms with Crippen LogP contribution in [0.15, 0.2) is 24.3 Å². The summed E-state index contributed by atoms with van der Waals surface area (Å²) in [5.41, 5.74) is 5.54. The van der Waals surface area contributed by atoms with Gasteiger partial charge in [0.1, 0.15) is 0 Å². The van der Waals surface area contributed by atoms with E-state index in [4.69, 9.17) is 0 Å². The molecule has 0 saturated carbocycles. The van der Waals surface area contributed by atoms with Gasteiger partial charge in [0.05, 0.1) is 5.54 Å². The normalized spacial score (nSPS) is 18.5. The molecule has 1 aliphatic heterocycles. The van der Waals surface area contributed by atoms with Gasteiger partial charge in [0.15, 0.2) is 0 Å². The SMILES string of the molecule is CC1=CC(C)(C)N(C)c2ccc(C)cc21. The Bertz CT molecular complexity index is 427. The molecule has 0 saturated heterocycles. The highest BCUT2D eigenvalue weighted by molar-refractivity contribution is 5.81. The molecule has 15 heavy (non-hydrogen) atoms. The molecule has 1 aromatic rings. The van der Waals surface area contributed by atoms with Gasteiger partial charge in [0.2, 0.25) is 0 Å². The first-order valence-corrected chi connectivity index (χ1v) is 5.46. The van der Waals surface area contributed by atoms with E-state index in [-0.39, 0.29) is 5.54 Å². The van der Waals surface area contributed by atoms with Crippen LogP contribution < -0.4 is 4.90 Å². The lowest BCUT2D eigenvalue weighted by atomic mass is 9.89. The van der Waals surface area contributed by atoms with E-state index in [1.54, 1.807) is 0 Å². The Kier molecular flexibility index (Phi) is 2.14. The number of hydrogen-bond acceptors (Lipinski definition) is 1. The van der Waals surface area contributed by atoms with Gasteiger partial charge < -0.3 is 4.90 Å². The highest BCUT2D eigenvalue weighted by Gasteiger charge is 2.27. The van der Waals surface area contributed by atoms with Gasteiger partial charge >= 0.3 is 0 Å². The molecule has 0 atom stereocenters. The summed E-state index contributed by atoms with van der Waals surface area (Å²) in [6.45, 7) is 8.85. The Labute approximate surface area is 92.4 Å². The van der Waals surface area contributed by atoms with Crippen molar-refractivity contribution in [3.8, 4) is 0 Å². The van der Waals surface area contributed by atoms with E-state index < -0.39 is 0 Å². The van der Waals surface area contributed by atoms with E-state index in [1.165, 1.54) is 22.4 Å². The molecule has 0 N–H and O–H groups in total. The molecular weight excluding hydrogens is 182 g/mol. The van der Waals surface area contributed by atoms with Crippen LogP contribution in [0.2, 0.25) is 0 Å². The number of rotatable bonds is 0. The van der Waals surface area contributed by atoms with Gasteiger partial charge in [-0.1, -0.05) is 17.7 Å². The Morgan fingerprint density at radius 1 is 1.13 bits per heavy atom. The molecule has 1 heterocycles. The van der Waals surface area contributed by atoms with Crippen molar-refractivity contribution in [3.63, 3.8) is 0 Å². The summed E-state index contributed by atoms with van der Waals surface area (Å²) in [7, 11) is 2.16. The molecule has 1 aromatic carbocycles. The second-order valence-corrected chi connectivity index (χ2v) is 5.06. The summed E-state index contributed by atoms with van der Waals surface area (Å²) in [5.74, 6) is 0. The van der Waals surface area contributed by atoms with Gasteiger partial charge in [-0.3, -0.25) is 0 Å². The van der Waals surface area contributed by atoms with Crippen molar-refractivity contribution in [3.05, 3.63) is 35.4 Å². The minimum Gasteiger partial charge on any atom is -0.366 e. The van der Waals surface area contributed by atoms with Gasteiger partial charge in [-0.25, -0.2) is 0 Å². The van der Waals surface area contributed by atoms with Crippen LogP contribution in [0.25, 0.3) is 5.57 Å². The highest BCUT2D eigenvalue weighted by atomic mass is 15.2. The van der Waals surface area contributed by atoms with Crippen molar-refractivity contribution in [2.45, 2.75) is 33.2 Å². The predicted molar refractivity (Wildman–Crippen MR) is 67.3 cm³/mol. The summed E-state index contributed by atoms with van der Waals surface area (Å²) in [4.78, 5) is 2.34. The zero-order valence-corrected chi connectivity index (χ0v) is 10.3. The van der Waals surface area contributed by atoms with Crippen LogP contribution in [0.4, 0.5) is 5.69 Å². The van der Waals surface area contributed by atoms with Crippen molar-refractivity contribution in [1.82, 2.24) is 0 Å². The smallest absolute Gasteiger partial charge is 0.0531 e. The van der Waals surface area contributed by atoms with Crippen LogP contribution in [-0.2, 0) is 0 Å². The zero-order valence-electron chi connectivity index (χ0n) is 10.3. The molecule has 0 fully saturated rings. The number of aryl methyl sites for hydroxylation is 1. The maximum Gasteiger partial charge on any atom is 0.0531 e. The van der Waals surface area contributed by atoms with Crippen molar-refractivity contribution >= 4 is 11.3 Å². The van der Waals surface area contributed by atoms with Crippen molar-refractivity contribution in [1.29, 1.82) is 0 Å². The average Bonchev–Trinajstić information content (AvgIpc) is 2.14. The van der Waals surface area contributed by atoms with E-state index in [0.717, 1.165) is 0 Å². The molecule has 1 nitrogen and oxygen atoms in total. The fourth-order valence-electron chi connectivity index (χ4n) is 2.27. The number of allylic oxidation sites excluding steroid dienone is 1. The number of anilines is 1. The lowest BCUT2D eigenvalue weighted by molar-refractivity contribution is 0.597. The first-order chi connectivity index (χ1) is 6.92. The summed E-state index contributed by atoms with van der Waals surface area (Å²) in [5, 5.41) is 0.